The summed E-state index contributed by atoms with van der Waals surface area (Å²) < 4.78 is 10.2. The average Bonchev–Trinajstić information content (AvgIpc) is 3.01. The van der Waals surface area contributed by atoms with Crippen LogP contribution in [0.2, 0.25) is 0 Å². The summed E-state index contributed by atoms with van der Waals surface area (Å²) in [4.78, 5) is 37.9. The summed E-state index contributed by atoms with van der Waals surface area (Å²) in [5.74, 6) is -0.169. The maximum absolute atomic E-state index is 12.6. The third-order valence-electron chi connectivity index (χ3n) is 4.40. The molecule has 0 radical (unpaired) electrons. The second-order valence-electron chi connectivity index (χ2n) is 6.59. The van der Waals surface area contributed by atoms with E-state index in [9.17, 15) is 14.4 Å². The van der Waals surface area contributed by atoms with Crippen molar-refractivity contribution in [3.63, 3.8) is 0 Å². The molecule has 0 unspecified atom stereocenters. The minimum Gasteiger partial charge on any atom is -0.482 e. The Labute approximate surface area is 179 Å². The van der Waals surface area contributed by atoms with Crippen LogP contribution in [0.1, 0.15) is 24.5 Å². The van der Waals surface area contributed by atoms with Gasteiger partial charge in [-0.1, -0.05) is 42.5 Å². The largest absolute Gasteiger partial charge is 0.482 e. The Morgan fingerprint density at radius 3 is 2.50 bits per heavy atom. The van der Waals surface area contributed by atoms with E-state index in [4.69, 9.17) is 9.47 Å². The molecule has 6 nitrogen and oxygen atoms in total. The molecule has 0 N–H and O–H groups in total. The molecule has 0 bridgehead atoms. The van der Waals surface area contributed by atoms with Crippen molar-refractivity contribution in [1.29, 1.82) is 0 Å². The molecule has 0 spiro atoms. The summed E-state index contributed by atoms with van der Waals surface area (Å²) in [5.41, 5.74) is 1.96. The first-order chi connectivity index (χ1) is 14.6. The standard InChI is InChI=1S/C23H23NO5S/c1-2-28-21(25)16-29-19-12-10-18(11-13-19)15-20-22(26)24(23(27)30-20)14-6-9-17-7-4-3-5-8-17/h3-5,7-8,10-13,15H,2,6,9,14,16H2,1H3/b20-15+. The van der Waals surface area contributed by atoms with E-state index in [1.807, 2.05) is 30.3 Å². The number of ether oxygens (including phenoxy) is 2. The van der Waals surface area contributed by atoms with Gasteiger partial charge in [-0.15, -0.1) is 0 Å². The highest BCUT2D eigenvalue weighted by Gasteiger charge is 2.34. The van der Waals surface area contributed by atoms with Gasteiger partial charge < -0.3 is 9.47 Å². The molecular formula is C23H23NO5S. The van der Waals surface area contributed by atoms with Gasteiger partial charge in [-0.25, -0.2) is 4.79 Å². The Kier molecular flexibility index (Phi) is 7.68. The Morgan fingerprint density at radius 1 is 1.07 bits per heavy atom. The van der Waals surface area contributed by atoms with Crippen molar-refractivity contribution < 1.29 is 23.9 Å². The molecule has 0 aromatic heterocycles. The number of thioether (sulfide) groups is 1. The molecule has 30 heavy (non-hydrogen) atoms. The first-order valence-electron chi connectivity index (χ1n) is 9.74. The molecule has 1 aliphatic rings. The van der Waals surface area contributed by atoms with E-state index in [0.29, 0.717) is 23.8 Å². The maximum atomic E-state index is 12.6. The molecule has 1 saturated heterocycles. The molecule has 2 aromatic carbocycles. The third kappa shape index (κ3) is 5.97. The van der Waals surface area contributed by atoms with Crippen LogP contribution in [0.5, 0.6) is 5.75 Å². The summed E-state index contributed by atoms with van der Waals surface area (Å²) in [7, 11) is 0. The van der Waals surface area contributed by atoms with Gasteiger partial charge in [0.2, 0.25) is 0 Å². The van der Waals surface area contributed by atoms with Crippen molar-refractivity contribution in [2.45, 2.75) is 19.8 Å². The van der Waals surface area contributed by atoms with Crippen LogP contribution in [0.15, 0.2) is 59.5 Å². The van der Waals surface area contributed by atoms with Gasteiger partial charge in [-0.2, -0.15) is 0 Å². The van der Waals surface area contributed by atoms with Crippen LogP contribution in [0, 0.1) is 0 Å². The zero-order chi connectivity index (χ0) is 21.3. The summed E-state index contributed by atoms with van der Waals surface area (Å²) in [5, 5.41) is -0.242. The van der Waals surface area contributed by atoms with E-state index in [2.05, 4.69) is 0 Å². The molecule has 156 valence electrons. The second-order valence-corrected chi connectivity index (χ2v) is 7.58. The van der Waals surface area contributed by atoms with Crippen LogP contribution < -0.4 is 4.74 Å². The summed E-state index contributed by atoms with van der Waals surface area (Å²) in [6.07, 6.45) is 3.23. The highest BCUT2D eigenvalue weighted by Crippen LogP contribution is 2.32. The number of imide groups is 1. The van der Waals surface area contributed by atoms with Gasteiger partial charge in [-0.3, -0.25) is 14.5 Å². The molecule has 1 fully saturated rings. The number of benzene rings is 2. The van der Waals surface area contributed by atoms with E-state index in [0.717, 1.165) is 30.2 Å². The van der Waals surface area contributed by atoms with Crippen molar-refractivity contribution in [3.8, 4) is 5.75 Å². The van der Waals surface area contributed by atoms with Crippen LogP contribution in [0.4, 0.5) is 4.79 Å². The molecule has 0 atom stereocenters. The quantitative estimate of drug-likeness (QED) is 0.441. The maximum Gasteiger partial charge on any atom is 0.344 e. The number of nitrogens with zero attached hydrogens (tertiary/aromatic N) is 1. The predicted molar refractivity (Wildman–Crippen MR) is 116 cm³/mol. The van der Waals surface area contributed by atoms with E-state index in [-0.39, 0.29) is 17.8 Å². The minimum absolute atomic E-state index is 0.158. The van der Waals surface area contributed by atoms with Gasteiger partial charge in [0.1, 0.15) is 5.75 Å². The Hall–Kier alpha value is -3.06. The molecule has 1 heterocycles. The van der Waals surface area contributed by atoms with Crippen LogP contribution >= 0.6 is 11.8 Å². The fourth-order valence-corrected chi connectivity index (χ4v) is 3.80. The first kappa shape index (κ1) is 21.6. The highest BCUT2D eigenvalue weighted by atomic mass is 32.2. The summed E-state index contributed by atoms with van der Waals surface area (Å²) >= 11 is 0.953. The molecule has 0 saturated carbocycles. The van der Waals surface area contributed by atoms with Crippen molar-refractivity contribution in [1.82, 2.24) is 4.90 Å². The van der Waals surface area contributed by atoms with E-state index in [1.54, 1.807) is 37.3 Å². The lowest BCUT2D eigenvalue weighted by Gasteiger charge is -2.12. The SMILES string of the molecule is CCOC(=O)COc1ccc(/C=C2/SC(=O)N(CCCc3ccccc3)C2=O)cc1. The molecule has 2 amide bonds. The number of amides is 2. The van der Waals surface area contributed by atoms with Gasteiger partial charge in [0.15, 0.2) is 6.61 Å². The molecular weight excluding hydrogens is 402 g/mol. The number of carbonyl (C=O) groups excluding carboxylic acids is 3. The van der Waals surface area contributed by atoms with Gasteiger partial charge >= 0.3 is 5.97 Å². The highest BCUT2D eigenvalue weighted by molar-refractivity contribution is 8.18. The van der Waals surface area contributed by atoms with Crippen LogP contribution in [-0.4, -0.2) is 41.8 Å². The summed E-state index contributed by atoms with van der Waals surface area (Å²) in [6, 6.07) is 16.9. The average molecular weight is 426 g/mol. The van der Waals surface area contributed by atoms with Crippen LogP contribution in [-0.2, 0) is 20.7 Å². The lowest BCUT2D eigenvalue weighted by molar-refractivity contribution is -0.145. The van der Waals surface area contributed by atoms with Crippen molar-refractivity contribution in [2.75, 3.05) is 19.8 Å². The number of hydrogen-bond donors (Lipinski definition) is 0. The Morgan fingerprint density at radius 2 is 1.80 bits per heavy atom. The molecule has 3 rings (SSSR count). The monoisotopic (exact) mass is 425 g/mol. The van der Waals surface area contributed by atoms with Crippen molar-refractivity contribution in [2.24, 2.45) is 0 Å². The van der Waals surface area contributed by atoms with Gasteiger partial charge in [0.05, 0.1) is 11.5 Å². The van der Waals surface area contributed by atoms with Gasteiger partial charge in [-0.05, 0) is 60.9 Å². The molecule has 1 aliphatic heterocycles. The first-order valence-corrected chi connectivity index (χ1v) is 10.6. The smallest absolute Gasteiger partial charge is 0.344 e. The Bertz CT molecular complexity index is 924. The Balaban J connectivity index is 1.54. The predicted octanol–water partition coefficient (Wildman–Crippen LogP) is 4.30. The van der Waals surface area contributed by atoms with Gasteiger partial charge in [0.25, 0.3) is 11.1 Å². The minimum atomic E-state index is -0.428. The molecule has 0 aliphatic carbocycles. The number of esters is 1. The summed E-state index contributed by atoms with van der Waals surface area (Å²) in [6.45, 7) is 2.28. The zero-order valence-corrected chi connectivity index (χ0v) is 17.5. The number of aryl methyl sites for hydroxylation is 1. The topological polar surface area (TPSA) is 72.9 Å². The van der Waals surface area contributed by atoms with Crippen molar-refractivity contribution >= 4 is 35.0 Å². The van der Waals surface area contributed by atoms with Crippen LogP contribution in [0.25, 0.3) is 6.08 Å². The lowest BCUT2D eigenvalue weighted by Crippen LogP contribution is -2.29. The number of rotatable bonds is 9. The van der Waals surface area contributed by atoms with Crippen molar-refractivity contribution in [3.05, 3.63) is 70.6 Å². The zero-order valence-electron chi connectivity index (χ0n) is 16.7. The van der Waals surface area contributed by atoms with Gasteiger partial charge in [0, 0.05) is 6.54 Å². The lowest BCUT2D eigenvalue weighted by atomic mass is 10.1. The van der Waals surface area contributed by atoms with E-state index < -0.39 is 5.97 Å². The molecule has 7 heteroatoms. The second kappa shape index (κ2) is 10.6. The van der Waals surface area contributed by atoms with Crippen LogP contribution in [0.3, 0.4) is 0 Å². The van der Waals surface area contributed by atoms with E-state index in [1.165, 1.54) is 10.5 Å². The van der Waals surface area contributed by atoms with E-state index >= 15 is 0 Å². The molecule has 2 aromatic rings. The normalized spacial score (nSPS) is 15.0. The fourth-order valence-electron chi connectivity index (χ4n) is 2.94. The number of hydrogen-bond acceptors (Lipinski definition) is 6. The fraction of sp³-hybridized carbons (Fsp3) is 0.261. The number of carbonyl (C=O) groups is 3. The third-order valence-corrected chi connectivity index (χ3v) is 5.31.